The highest BCUT2D eigenvalue weighted by Gasteiger charge is 2.26. The number of rotatable bonds is 12. The van der Waals surface area contributed by atoms with Crippen molar-refractivity contribution in [1.29, 1.82) is 42.1 Å². The van der Waals surface area contributed by atoms with Crippen LogP contribution in [0.4, 0.5) is 5.69 Å². The molecule has 27 aromatic rings. The Bertz CT molecular complexity index is 10500. The van der Waals surface area contributed by atoms with Gasteiger partial charge in [-0.25, -0.2) is 19.8 Å². The molecule has 150 heavy (non-hydrogen) atoms. The van der Waals surface area contributed by atoms with Crippen molar-refractivity contribution in [2.75, 3.05) is 0 Å². The summed E-state index contributed by atoms with van der Waals surface area (Å²) in [6, 6.07) is 163. The number of nitrogens with zero attached hydrogens (tertiary/aromatic N) is 18. The molecule has 0 bridgehead atoms. The average molecular weight is 1910 g/mol. The molecule has 0 saturated carbocycles. The Morgan fingerprint density at radius 3 is 0.667 bits per heavy atom. The molecule has 0 amide bonds. The van der Waals surface area contributed by atoms with E-state index in [0.29, 0.717) is 50.2 Å². The molecule has 27 rings (SSSR count). The Morgan fingerprint density at radius 2 is 0.387 bits per heavy atom. The molecule has 0 spiro atoms. The molecular formula is C132H72N18. The lowest BCUT2D eigenvalue weighted by Gasteiger charge is -2.16. The maximum atomic E-state index is 9.77. The van der Waals surface area contributed by atoms with Gasteiger partial charge in [-0.1, -0.05) is 176 Å². The quantitative estimate of drug-likeness (QED) is 0.104. The van der Waals surface area contributed by atoms with Crippen LogP contribution >= 0.6 is 0 Å². The van der Waals surface area contributed by atoms with Crippen molar-refractivity contribution in [2.45, 2.75) is 0 Å². The van der Waals surface area contributed by atoms with E-state index in [1.807, 2.05) is 231 Å². The van der Waals surface area contributed by atoms with E-state index in [2.05, 4.69) is 281 Å². The van der Waals surface area contributed by atoms with E-state index >= 15 is 0 Å². The number of aromatic nitrogens is 9. The van der Waals surface area contributed by atoms with E-state index in [9.17, 15) is 42.1 Å². The van der Waals surface area contributed by atoms with E-state index in [-0.39, 0.29) is 0 Å². The zero-order valence-corrected chi connectivity index (χ0v) is 79.6. The molecule has 690 valence electrons. The first-order valence-electron chi connectivity index (χ1n) is 48.4. The number of benzene rings is 18. The number of para-hydroxylation sites is 7. The predicted octanol–water partition coefficient (Wildman–Crippen LogP) is 31.4. The van der Waals surface area contributed by atoms with Gasteiger partial charge in [0.2, 0.25) is 0 Å². The molecule has 0 atom stereocenters. The molecule has 0 unspecified atom stereocenters. The summed E-state index contributed by atoms with van der Waals surface area (Å²) >= 11 is 0. The monoisotopic (exact) mass is 1910 g/mol. The second-order valence-electron chi connectivity index (χ2n) is 36.6. The minimum atomic E-state index is 0.552. The van der Waals surface area contributed by atoms with Gasteiger partial charge in [-0.3, -0.25) is 0 Å². The normalized spacial score (nSPS) is 11.1. The molecule has 0 aliphatic carbocycles. The molecule has 18 nitrogen and oxygen atoms in total. The average Bonchev–Trinajstić information content (AvgIpc) is 1.58. The molecule has 18 heteroatoms. The van der Waals surface area contributed by atoms with Gasteiger partial charge in [0.15, 0.2) is 5.69 Å². The second kappa shape index (κ2) is 36.9. The number of hydrogen-bond acceptors (Lipinski definition) is 11. The Hall–Kier alpha value is -22.4. The van der Waals surface area contributed by atoms with Gasteiger partial charge in [0.25, 0.3) is 0 Å². The van der Waals surface area contributed by atoms with Gasteiger partial charge < -0.3 is 27.4 Å². The van der Waals surface area contributed by atoms with Gasteiger partial charge >= 0.3 is 0 Å². The van der Waals surface area contributed by atoms with Crippen LogP contribution in [0.15, 0.2) is 437 Å². The fourth-order valence-corrected chi connectivity index (χ4v) is 21.4. The number of pyridine rings is 3. The highest BCUT2D eigenvalue weighted by Crippen LogP contribution is 2.46. The maximum Gasteiger partial charge on any atom is 0.196 e. The first kappa shape index (κ1) is 89.0. The zero-order chi connectivity index (χ0) is 101. The van der Waals surface area contributed by atoms with Crippen LogP contribution < -0.4 is 0 Å². The van der Waals surface area contributed by atoms with E-state index in [1.165, 1.54) is 10.8 Å². The Balaban J connectivity index is 0.000000116. The first-order valence-corrected chi connectivity index (χ1v) is 48.4. The fourth-order valence-electron chi connectivity index (χ4n) is 21.4. The minimum Gasteiger partial charge on any atom is -0.309 e. The van der Waals surface area contributed by atoms with E-state index in [0.717, 1.165) is 222 Å². The highest BCUT2D eigenvalue weighted by molar-refractivity contribution is 6.16. The highest BCUT2D eigenvalue weighted by atomic mass is 15.0. The summed E-state index contributed by atoms with van der Waals surface area (Å²) in [6.45, 7) is 7.74. The van der Waals surface area contributed by atoms with Crippen LogP contribution in [-0.2, 0) is 0 Å². The van der Waals surface area contributed by atoms with Crippen LogP contribution in [0.3, 0.4) is 0 Å². The van der Waals surface area contributed by atoms with Crippen LogP contribution in [0.5, 0.6) is 0 Å². The van der Waals surface area contributed by atoms with Crippen molar-refractivity contribution in [1.82, 2.24) is 42.4 Å². The third-order valence-corrected chi connectivity index (χ3v) is 28.1. The molecular weight excluding hydrogens is 1840 g/mol. The Morgan fingerprint density at radius 1 is 0.167 bits per heavy atom. The molecule has 18 aromatic carbocycles. The third kappa shape index (κ3) is 15.3. The maximum absolute atomic E-state index is 9.77. The van der Waals surface area contributed by atoms with Gasteiger partial charge in [-0.2, -0.15) is 42.1 Å². The van der Waals surface area contributed by atoms with Gasteiger partial charge in [-0.15, -0.1) is 0 Å². The van der Waals surface area contributed by atoms with Crippen molar-refractivity contribution in [3.8, 4) is 150 Å². The molecule has 0 aliphatic rings. The van der Waals surface area contributed by atoms with E-state index in [1.54, 1.807) is 6.07 Å². The summed E-state index contributed by atoms with van der Waals surface area (Å²) in [5.74, 6) is 0. The summed E-state index contributed by atoms with van der Waals surface area (Å²) in [5, 5.41) is 89.9. The van der Waals surface area contributed by atoms with Crippen molar-refractivity contribution >= 4 is 137 Å². The summed E-state index contributed by atoms with van der Waals surface area (Å²) in [7, 11) is 0. The van der Waals surface area contributed by atoms with E-state index < -0.39 is 0 Å². The topological polar surface area (TPSA) is 263 Å². The van der Waals surface area contributed by atoms with Crippen LogP contribution in [0, 0.1) is 97.2 Å². The predicted molar refractivity (Wildman–Crippen MR) is 595 cm³/mol. The zero-order valence-electron chi connectivity index (χ0n) is 79.6. The second-order valence-corrected chi connectivity index (χ2v) is 36.6. The minimum absolute atomic E-state index is 0.552. The Labute approximate surface area is 858 Å². The summed E-state index contributed by atoms with van der Waals surface area (Å²) < 4.78 is 13.5. The molecule has 0 saturated heterocycles. The fraction of sp³-hybridized carbons (Fsp3) is 0. The summed E-state index contributed by atoms with van der Waals surface area (Å²) in [6.07, 6.45) is 0. The summed E-state index contributed by atoms with van der Waals surface area (Å²) in [4.78, 5) is 19.1. The van der Waals surface area contributed by atoms with Crippen LogP contribution in [0.2, 0.25) is 0 Å². The molecule has 0 aliphatic heterocycles. The molecule has 0 N–H and O–H groups in total. The van der Waals surface area contributed by atoms with Gasteiger partial charge in [0.05, 0.1) is 200 Å². The lowest BCUT2D eigenvalue weighted by Crippen LogP contribution is -2.01. The van der Waals surface area contributed by atoms with Gasteiger partial charge in [0.1, 0.15) is 0 Å². The van der Waals surface area contributed by atoms with Crippen LogP contribution in [0.25, 0.3) is 237 Å². The van der Waals surface area contributed by atoms with Crippen LogP contribution in [0.1, 0.15) is 44.5 Å². The van der Waals surface area contributed by atoms with Crippen molar-refractivity contribution < 1.29 is 0 Å². The molecule has 9 aromatic heterocycles. The van der Waals surface area contributed by atoms with E-state index in [4.69, 9.17) is 21.5 Å². The first-order chi connectivity index (χ1) is 73.9. The summed E-state index contributed by atoms with van der Waals surface area (Å²) in [5.41, 5.74) is 32.8. The Kier molecular flexibility index (Phi) is 21.9. The number of fused-ring (bicyclic) bond motifs is 18. The molecule has 9 heterocycles. The van der Waals surface area contributed by atoms with Crippen LogP contribution in [-0.4, -0.2) is 42.4 Å². The SMILES string of the molecule is N#Cc1ccc(-c2cccc(-c3cc(-n4c5ccccc5c5ccccc54)cc(-n4c5ccc(C#N)cc5c5cc(C#N)ccc54)c3)n2)cc1.N#Cc1cccc(-c2cccc(-c3cc(-n4c5ccccc5c5ccccc54)cc(-n4c5ccc(C#N)cc5c5cc(C#N)ccc54)c3)n2)c1.[C-]#[N+]c1ccccc1-c1cccc(-c2cc(-n3c4ccccc4c4ccccc43)cc(-n3c4ccc(C#N)cc4c4cc(C#N)ccc43)c2)n1. The lowest BCUT2D eigenvalue weighted by atomic mass is 10.0. The van der Waals surface area contributed by atoms with Crippen molar-refractivity contribution in [2.24, 2.45) is 0 Å². The lowest BCUT2D eigenvalue weighted by molar-refractivity contribution is 1.13. The smallest absolute Gasteiger partial charge is 0.196 e. The van der Waals surface area contributed by atoms with Gasteiger partial charge in [0, 0.05) is 132 Å². The number of nitriles is 8. The standard InChI is InChI=1S/3C44H24N6/c1-47-39-12-5-2-11-35(39)40-14-8-13-38(48-40)30-23-31(49-41-15-6-3-9-33(41)34-10-4-7-16-42(34)49)25-32(24-30)50-43-19-17-28(26-45)21-36(43)37-22-29(27-46)18-20-44(37)50;45-25-28-7-5-8-31(19-28)39-11-6-12-40(48-39)32-22-33(49-41-13-3-1-9-35(41)36-10-2-4-14-42(36)49)24-34(23-32)50-43-17-15-29(26-46)20-37(43)38-21-30(27-47)16-18-44(38)50;45-25-28-12-16-31(17-13-28)39-8-5-9-40(48-39)32-22-33(49-41-10-3-1-6-35(41)36-7-2-4-11-42(36)49)24-34(23-32)50-43-18-14-29(26-46)20-37(43)38-21-30(27-47)15-19-44(38)50/h2-25H;2*1-24H. The third-order valence-electron chi connectivity index (χ3n) is 28.1. The molecule has 0 radical (unpaired) electrons. The molecule has 0 fully saturated rings. The van der Waals surface area contributed by atoms with Gasteiger partial charge in [-0.05, 0) is 261 Å². The van der Waals surface area contributed by atoms with Crippen molar-refractivity contribution in [3.63, 3.8) is 0 Å². The van der Waals surface area contributed by atoms with Crippen molar-refractivity contribution in [3.05, 3.63) is 493 Å². The number of hydrogen-bond donors (Lipinski definition) is 0. The largest absolute Gasteiger partial charge is 0.309 e.